The number of hydrogen-bond acceptors (Lipinski definition) is 3. The molecular formula is C9H7BrN2O. The minimum atomic E-state index is -0.459. The van der Waals surface area contributed by atoms with Gasteiger partial charge in [-0.25, -0.2) is 4.98 Å². The summed E-state index contributed by atoms with van der Waals surface area (Å²) in [6, 6.07) is 3.84. The fourth-order valence-electron chi connectivity index (χ4n) is 1.54. The van der Waals surface area contributed by atoms with Crippen molar-refractivity contribution >= 4 is 15.9 Å². The number of aliphatic hydroxyl groups is 1. The third-order valence-electron chi connectivity index (χ3n) is 2.21. The Kier molecular flexibility index (Phi) is 2.06. The summed E-state index contributed by atoms with van der Waals surface area (Å²) in [6.45, 7) is 0. The molecule has 1 unspecified atom stereocenters. The normalized spacial score (nSPS) is 19.6. The Morgan fingerprint density at radius 1 is 1.69 bits per heavy atom. The largest absolute Gasteiger partial charge is 0.387 e. The molecule has 3 nitrogen and oxygen atoms in total. The Labute approximate surface area is 84.2 Å². The van der Waals surface area contributed by atoms with Crippen molar-refractivity contribution in [2.75, 3.05) is 0 Å². The van der Waals surface area contributed by atoms with Crippen molar-refractivity contribution in [1.82, 2.24) is 4.98 Å². The molecule has 0 aliphatic heterocycles. The molecule has 1 aliphatic carbocycles. The first kappa shape index (κ1) is 8.67. The number of nitrogens with zero attached hydrogens (tertiary/aromatic N) is 2. The van der Waals surface area contributed by atoms with E-state index in [1.54, 1.807) is 6.07 Å². The van der Waals surface area contributed by atoms with Crippen LogP contribution >= 0.6 is 15.9 Å². The van der Waals surface area contributed by atoms with Crippen LogP contribution in [0, 0.1) is 11.3 Å². The highest BCUT2D eigenvalue weighted by Gasteiger charge is 2.23. The lowest BCUT2D eigenvalue weighted by Gasteiger charge is -2.03. The van der Waals surface area contributed by atoms with Gasteiger partial charge in [0, 0.05) is 0 Å². The smallest absolute Gasteiger partial charge is 0.124 e. The minimum absolute atomic E-state index is 0.459. The van der Waals surface area contributed by atoms with Crippen LogP contribution in [0.3, 0.4) is 0 Å². The van der Waals surface area contributed by atoms with Gasteiger partial charge in [0.15, 0.2) is 0 Å². The Balaban J connectivity index is 2.58. The SMILES string of the molecule is N#Cc1cc2c(nc1Br)C(O)CC2. The minimum Gasteiger partial charge on any atom is -0.387 e. The molecular weight excluding hydrogens is 232 g/mol. The molecule has 4 heteroatoms. The lowest BCUT2D eigenvalue weighted by Crippen LogP contribution is -1.96. The lowest BCUT2D eigenvalue weighted by molar-refractivity contribution is 0.175. The number of aliphatic hydroxyl groups excluding tert-OH is 1. The molecule has 0 saturated carbocycles. The van der Waals surface area contributed by atoms with E-state index in [4.69, 9.17) is 5.26 Å². The molecule has 2 rings (SSSR count). The van der Waals surface area contributed by atoms with Crippen molar-refractivity contribution in [2.24, 2.45) is 0 Å². The third-order valence-corrected chi connectivity index (χ3v) is 2.82. The zero-order valence-corrected chi connectivity index (χ0v) is 8.37. The molecule has 0 radical (unpaired) electrons. The summed E-state index contributed by atoms with van der Waals surface area (Å²) >= 11 is 3.19. The summed E-state index contributed by atoms with van der Waals surface area (Å²) < 4.78 is 0.523. The number of nitriles is 1. The molecule has 0 saturated heterocycles. The molecule has 0 fully saturated rings. The highest BCUT2D eigenvalue weighted by Crippen LogP contribution is 2.31. The van der Waals surface area contributed by atoms with Gasteiger partial charge in [-0.3, -0.25) is 0 Å². The summed E-state index contributed by atoms with van der Waals surface area (Å²) in [5.41, 5.74) is 2.24. The Morgan fingerprint density at radius 3 is 3.15 bits per heavy atom. The maximum absolute atomic E-state index is 9.50. The summed E-state index contributed by atoms with van der Waals surface area (Å²) in [4.78, 5) is 4.15. The Hall–Kier alpha value is -0.920. The monoisotopic (exact) mass is 238 g/mol. The number of pyridine rings is 1. The van der Waals surface area contributed by atoms with Gasteiger partial charge in [0.05, 0.1) is 17.4 Å². The predicted octanol–water partition coefficient (Wildman–Crippen LogP) is 1.70. The topological polar surface area (TPSA) is 56.9 Å². The fourth-order valence-corrected chi connectivity index (χ4v) is 1.94. The molecule has 1 atom stereocenters. The number of aromatic nitrogens is 1. The van der Waals surface area contributed by atoms with Gasteiger partial charge in [-0.05, 0) is 40.4 Å². The summed E-state index contributed by atoms with van der Waals surface area (Å²) in [5.74, 6) is 0. The first-order valence-electron chi connectivity index (χ1n) is 4.00. The van der Waals surface area contributed by atoms with Crippen molar-refractivity contribution in [2.45, 2.75) is 18.9 Å². The van der Waals surface area contributed by atoms with E-state index >= 15 is 0 Å². The molecule has 1 N–H and O–H groups in total. The molecule has 0 amide bonds. The molecule has 1 heterocycles. The molecule has 0 aromatic carbocycles. The second-order valence-corrected chi connectivity index (χ2v) is 3.79. The number of rotatable bonds is 0. The highest BCUT2D eigenvalue weighted by molar-refractivity contribution is 9.10. The van der Waals surface area contributed by atoms with Crippen LogP contribution in [0.2, 0.25) is 0 Å². The molecule has 1 aromatic heterocycles. The van der Waals surface area contributed by atoms with E-state index in [1.165, 1.54) is 0 Å². The van der Waals surface area contributed by atoms with Gasteiger partial charge in [-0.15, -0.1) is 0 Å². The third kappa shape index (κ3) is 1.34. The van der Waals surface area contributed by atoms with Crippen LogP contribution in [-0.4, -0.2) is 10.1 Å². The van der Waals surface area contributed by atoms with Crippen LogP contribution in [0.15, 0.2) is 10.7 Å². The van der Waals surface area contributed by atoms with Gasteiger partial charge >= 0.3 is 0 Å². The number of hydrogen-bond donors (Lipinski definition) is 1. The van der Waals surface area contributed by atoms with Crippen LogP contribution in [0.4, 0.5) is 0 Å². The summed E-state index contributed by atoms with van der Waals surface area (Å²) in [7, 11) is 0. The Morgan fingerprint density at radius 2 is 2.46 bits per heavy atom. The molecule has 0 bridgehead atoms. The van der Waals surface area contributed by atoms with Gasteiger partial charge in [-0.1, -0.05) is 0 Å². The van der Waals surface area contributed by atoms with Gasteiger partial charge < -0.3 is 5.11 Å². The zero-order chi connectivity index (χ0) is 9.42. The van der Waals surface area contributed by atoms with Crippen LogP contribution in [0.25, 0.3) is 0 Å². The van der Waals surface area contributed by atoms with E-state index in [1.807, 2.05) is 6.07 Å². The average Bonchev–Trinajstić information content (AvgIpc) is 2.47. The molecule has 1 aliphatic rings. The highest BCUT2D eigenvalue weighted by atomic mass is 79.9. The van der Waals surface area contributed by atoms with E-state index in [0.29, 0.717) is 22.3 Å². The van der Waals surface area contributed by atoms with Crippen LogP contribution in [0.5, 0.6) is 0 Å². The zero-order valence-electron chi connectivity index (χ0n) is 6.79. The van der Waals surface area contributed by atoms with Gasteiger partial charge in [-0.2, -0.15) is 5.26 Å². The quantitative estimate of drug-likeness (QED) is 0.701. The van der Waals surface area contributed by atoms with E-state index in [0.717, 1.165) is 12.0 Å². The summed E-state index contributed by atoms with van der Waals surface area (Å²) in [6.07, 6.45) is 1.06. The maximum atomic E-state index is 9.50. The molecule has 13 heavy (non-hydrogen) atoms. The van der Waals surface area contributed by atoms with E-state index in [9.17, 15) is 5.11 Å². The molecule has 66 valence electrons. The molecule has 1 aromatic rings. The van der Waals surface area contributed by atoms with Crippen LogP contribution in [0.1, 0.15) is 29.3 Å². The number of halogens is 1. The van der Waals surface area contributed by atoms with Crippen molar-refractivity contribution in [3.63, 3.8) is 0 Å². The first-order valence-corrected chi connectivity index (χ1v) is 4.79. The number of aryl methyl sites for hydroxylation is 1. The van der Waals surface area contributed by atoms with E-state index in [2.05, 4.69) is 20.9 Å². The lowest BCUT2D eigenvalue weighted by atomic mass is 10.2. The second-order valence-electron chi connectivity index (χ2n) is 3.04. The standard InChI is InChI=1S/C9H7BrN2O/c10-9-6(4-11)3-5-1-2-7(13)8(5)12-9/h3,7,13H,1-2H2. The van der Waals surface area contributed by atoms with Gasteiger partial charge in [0.25, 0.3) is 0 Å². The van der Waals surface area contributed by atoms with Crippen molar-refractivity contribution in [1.29, 1.82) is 5.26 Å². The van der Waals surface area contributed by atoms with E-state index in [-0.39, 0.29) is 0 Å². The maximum Gasteiger partial charge on any atom is 0.124 e. The summed E-state index contributed by atoms with van der Waals surface area (Å²) in [5, 5.41) is 18.2. The van der Waals surface area contributed by atoms with Crippen LogP contribution < -0.4 is 0 Å². The number of fused-ring (bicyclic) bond motifs is 1. The predicted molar refractivity (Wildman–Crippen MR) is 49.9 cm³/mol. The fraction of sp³-hybridized carbons (Fsp3) is 0.333. The van der Waals surface area contributed by atoms with Crippen molar-refractivity contribution in [3.05, 3.63) is 27.5 Å². The molecule has 0 spiro atoms. The Bertz CT molecular complexity index is 397. The second kappa shape index (κ2) is 3.09. The van der Waals surface area contributed by atoms with Crippen molar-refractivity contribution in [3.8, 4) is 6.07 Å². The van der Waals surface area contributed by atoms with Gasteiger partial charge in [0.1, 0.15) is 10.7 Å². The first-order chi connectivity index (χ1) is 6.22. The van der Waals surface area contributed by atoms with Gasteiger partial charge in [0.2, 0.25) is 0 Å². The van der Waals surface area contributed by atoms with E-state index < -0.39 is 6.10 Å². The van der Waals surface area contributed by atoms with Crippen LogP contribution in [-0.2, 0) is 6.42 Å². The average molecular weight is 239 g/mol. The van der Waals surface area contributed by atoms with Crippen molar-refractivity contribution < 1.29 is 5.11 Å².